The van der Waals surface area contributed by atoms with Crippen LogP contribution in [0.25, 0.3) is 0 Å². The quantitative estimate of drug-likeness (QED) is 0.852. The van der Waals surface area contributed by atoms with Gasteiger partial charge in [-0.05, 0) is 37.0 Å². The van der Waals surface area contributed by atoms with E-state index in [2.05, 4.69) is 10.4 Å². The number of carbonyl (C=O) groups is 1. The number of benzene rings is 1. The lowest BCUT2D eigenvalue weighted by atomic mass is 10.1. The molecule has 0 aliphatic carbocycles. The minimum absolute atomic E-state index is 0.0308. The Hall–Kier alpha value is -2.57. The normalized spacial score (nSPS) is 13.8. The summed E-state index contributed by atoms with van der Waals surface area (Å²) in [6.45, 7) is 1.18. The Bertz CT molecular complexity index is 794. The lowest BCUT2D eigenvalue weighted by Gasteiger charge is -2.06. The molecule has 3 rings (SSSR count). The molecule has 2 aromatic rings. The van der Waals surface area contributed by atoms with Crippen LogP contribution in [0.2, 0.25) is 0 Å². The molecule has 0 radical (unpaired) electrons. The number of rotatable bonds is 6. The van der Waals surface area contributed by atoms with Gasteiger partial charge in [0.2, 0.25) is 5.91 Å². The lowest BCUT2D eigenvalue weighted by molar-refractivity contribution is -0.121. The summed E-state index contributed by atoms with van der Waals surface area (Å²) in [4.78, 5) is 24.5. The van der Waals surface area contributed by atoms with Crippen molar-refractivity contribution in [1.29, 1.82) is 0 Å². The minimum Gasteiger partial charge on any atom is -0.497 e. The van der Waals surface area contributed by atoms with Crippen molar-refractivity contribution in [3.8, 4) is 5.75 Å². The number of carbonyl (C=O) groups excluding carboxylic acids is 1. The zero-order valence-electron chi connectivity index (χ0n) is 14.5. The topological polar surface area (TPSA) is 78.2 Å². The predicted octanol–water partition coefficient (Wildman–Crippen LogP) is 1.14. The first-order chi connectivity index (χ1) is 12.2. The van der Waals surface area contributed by atoms with Gasteiger partial charge in [0.1, 0.15) is 18.1 Å². The fraction of sp³-hybridized carbons (Fsp3) is 0.500. The summed E-state index contributed by atoms with van der Waals surface area (Å²) < 4.78 is 8.17. The average molecular weight is 344 g/mol. The Morgan fingerprint density at radius 1 is 1.32 bits per heavy atom. The fourth-order valence-electron chi connectivity index (χ4n) is 3.09. The molecule has 0 spiro atoms. The van der Waals surface area contributed by atoms with E-state index in [0.717, 1.165) is 42.8 Å². The molecule has 0 saturated heterocycles. The number of ether oxygens (including phenoxy) is 1. The van der Waals surface area contributed by atoms with Gasteiger partial charge in [-0.2, -0.15) is 5.10 Å². The molecule has 2 heterocycles. The van der Waals surface area contributed by atoms with Crippen molar-refractivity contribution >= 4 is 5.91 Å². The van der Waals surface area contributed by atoms with E-state index >= 15 is 0 Å². The number of nitrogens with zero attached hydrogens (tertiary/aromatic N) is 3. The van der Waals surface area contributed by atoms with E-state index in [1.54, 1.807) is 11.7 Å². The average Bonchev–Trinajstić information content (AvgIpc) is 2.78. The van der Waals surface area contributed by atoms with Crippen LogP contribution in [0.1, 0.15) is 30.7 Å². The van der Waals surface area contributed by atoms with E-state index in [1.165, 1.54) is 4.68 Å². The van der Waals surface area contributed by atoms with Gasteiger partial charge in [0.15, 0.2) is 0 Å². The molecule has 1 aliphatic rings. The highest BCUT2D eigenvalue weighted by Gasteiger charge is 2.17. The number of aromatic nitrogens is 3. The molecular weight excluding hydrogens is 320 g/mol. The first-order valence-electron chi connectivity index (χ1n) is 8.73. The smallest absolute Gasteiger partial charge is 0.346 e. The molecule has 1 amide bonds. The zero-order valence-corrected chi connectivity index (χ0v) is 14.5. The molecule has 1 aliphatic heterocycles. The zero-order chi connectivity index (χ0) is 17.6. The van der Waals surface area contributed by atoms with E-state index in [-0.39, 0.29) is 18.1 Å². The van der Waals surface area contributed by atoms with E-state index in [0.29, 0.717) is 19.5 Å². The first-order valence-corrected chi connectivity index (χ1v) is 8.73. The van der Waals surface area contributed by atoms with Gasteiger partial charge in [0.25, 0.3) is 0 Å². The van der Waals surface area contributed by atoms with E-state index in [4.69, 9.17) is 4.74 Å². The highest BCUT2D eigenvalue weighted by atomic mass is 16.5. The van der Waals surface area contributed by atoms with Crippen molar-refractivity contribution in [2.75, 3.05) is 13.7 Å². The second kappa shape index (κ2) is 8.00. The van der Waals surface area contributed by atoms with E-state index in [1.807, 2.05) is 24.3 Å². The van der Waals surface area contributed by atoms with Gasteiger partial charge >= 0.3 is 5.69 Å². The largest absolute Gasteiger partial charge is 0.497 e. The summed E-state index contributed by atoms with van der Waals surface area (Å²) >= 11 is 0. The third kappa shape index (κ3) is 4.29. The summed E-state index contributed by atoms with van der Waals surface area (Å²) in [7, 11) is 1.63. The van der Waals surface area contributed by atoms with Crippen molar-refractivity contribution in [3.05, 3.63) is 46.1 Å². The Morgan fingerprint density at radius 2 is 2.20 bits per heavy atom. The SMILES string of the molecule is COc1cccc(CCNC(=O)Cn2nc3n(c2=O)CCCCC3)c1. The van der Waals surface area contributed by atoms with Gasteiger partial charge in [0.05, 0.1) is 7.11 Å². The molecule has 134 valence electrons. The molecule has 1 aromatic carbocycles. The van der Waals surface area contributed by atoms with Crippen molar-refractivity contribution in [3.63, 3.8) is 0 Å². The Balaban J connectivity index is 1.53. The molecule has 0 atom stereocenters. The maximum Gasteiger partial charge on any atom is 0.346 e. The summed E-state index contributed by atoms with van der Waals surface area (Å²) in [5, 5.41) is 7.18. The van der Waals surface area contributed by atoms with Crippen molar-refractivity contribution in [2.24, 2.45) is 0 Å². The van der Waals surface area contributed by atoms with Gasteiger partial charge in [0, 0.05) is 19.5 Å². The molecule has 7 heteroatoms. The van der Waals surface area contributed by atoms with Gasteiger partial charge in [-0.1, -0.05) is 18.6 Å². The van der Waals surface area contributed by atoms with Crippen LogP contribution in [0.4, 0.5) is 0 Å². The highest BCUT2D eigenvalue weighted by Crippen LogP contribution is 2.12. The number of aryl methyl sites for hydroxylation is 1. The standard InChI is InChI=1S/C18H24N4O3/c1-25-15-7-5-6-14(12-15)9-10-19-17(23)13-22-18(24)21-11-4-2-3-8-16(21)20-22/h5-7,12H,2-4,8-11,13H2,1H3,(H,19,23). The number of hydrogen-bond donors (Lipinski definition) is 1. The molecule has 0 unspecified atom stereocenters. The molecule has 0 bridgehead atoms. The minimum atomic E-state index is -0.196. The molecule has 25 heavy (non-hydrogen) atoms. The van der Waals surface area contributed by atoms with Crippen LogP contribution in [0, 0.1) is 0 Å². The summed E-state index contributed by atoms with van der Waals surface area (Å²) in [6.07, 6.45) is 4.67. The summed E-state index contributed by atoms with van der Waals surface area (Å²) in [6, 6.07) is 7.75. The number of methoxy groups -OCH3 is 1. The van der Waals surface area contributed by atoms with Crippen LogP contribution in [-0.4, -0.2) is 33.9 Å². The second-order valence-electron chi connectivity index (χ2n) is 6.27. The van der Waals surface area contributed by atoms with Crippen LogP contribution in [0.3, 0.4) is 0 Å². The Labute approximate surface area is 146 Å². The third-order valence-electron chi connectivity index (χ3n) is 4.44. The second-order valence-corrected chi connectivity index (χ2v) is 6.27. The van der Waals surface area contributed by atoms with Crippen molar-refractivity contribution < 1.29 is 9.53 Å². The van der Waals surface area contributed by atoms with Crippen molar-refractivity contribution in [2.45, 2.75) is 45.2 Å². The molecule has 1 aromatic heterocycles. The van der Waals surface area contributed by atoms with Crippen LogP contribution < -0.4 is 15.7 Å². The number of amides is 1. The van der Waals surface area contributed by atoms with Crippen LogP contribution in [0.5, 0.6) is 5.75 Å². The lowest BCUT2D eigenvalue weighted by Crippen LogP contribution is -2.34. The highest BCUT2D eigenvalue weighted by molar-refractivity contribution is 5.75. The third-order valence-corrected chi connectivity index (χ3v) is 4.44. The Kier molecular flexibility index (Phi) is 5.53. The van der Waals surface area contributed by atoms with Crippen LogP contribution in [-0.2, 0) is 30.7 Å². The summed E-state index contributed by atoms with van der Waals surface area (Å²) in [5.74, 6) is 1.40. The summed E-state index contributed by atoms with van der Waals surface area (Å²) in [5.41, 5.74) is 0.908. The van der Waals surface area contributed by atoms with Gasteiger partial charge in [-0.25, -0.2) is 9.48 Å². The molecule has 1 N–H and O–H groups in total. The maximum absolute atomic E-state index is 12.3. The van der Waals surface area contributed by atoms with E-state index < -0.39 is 0 Å². The van der Waals surface area contributed by atoms with Gasteiger partial charge in [-0.3, -0.25) is 9.36 Å². The number of nitrogens with one attached hydrogen (secondary N) is 1. The predicted molar refractivity (Wildman–Crippen MR) is 93.7 cm³/mol. The fourth-order valence-corrected chi connectivity index (χ4v) is 3.09. The maximum atomic E-state index is 12.3. The molecule has 7 nitrogen and oxygen atoms in total. The first kappa shape index (κ1) is 17.3. The monoisotopic (exact) mass is 344 g/mol. The van der Waals surface area contributed by atoms with Crippen molar-refractivity contribution in [1.82, 2.24) is 19.7 Å². The van der Waals surface area contributed by atoms with E-state index in [9.17, 15) is 9.59 Å². The van der Waals surface area contributed by atoms with Gasteiger partial charge < -0.3 is 10.1 Å². The molecule has 0 fully saturated rings. The van der Waals surface area contributed by atoms with Gasteiger partial charge in [-0.15, -0.1) is 0 Å². The number of hydrogen-bond acceptors (Lipinski definition) is 4. The number of fused-ring (bicyclic) bond motifs is 1. The Morgan fingerprint density at radius 3 is 3.04 bits per heavy atom. The van der Waals surface area contributed by atoms with Crippen LogP contribution >= 0.6 is 0 Å². The molecular formula is C18H24N4O3. The molecule has 0 saturated carbocycles. The van der Waals surface area contributed by atoms with Crippen LogP contribution in [0.15, 0.2) is 29.1 Å².